The Hall–Kier alpha value is -3.35. The highest BCUT2D eigenvalue weighted by Gasteiger charge is 2.21. The molecule has 0 spiro atoms. The molecule has 0 fully saturated rings. The molecule has 3 heterocycles. The van der Waals surface area contributed by atoms with Gasteiger partial charge in [-0.2, -0.15) is 4.98 Å². The van der Waals surface area contributed by atoms with E-state index < -0.39 is 0 Å². The summed E-state index contributed by atoms with van der Waals surface area (Å²) in [7, 11) is 3.33. The zero-order valence-electron chi connectivity index (χ0n) is 17.0. The third-order valence-corrected chi connectivity index (χ3v) is 5.02. The first-order valence-electron chi connectivity index (χ1n) is 9.64. The summed E-state index contributed by atoms with van der Waals surface area (Å²) >= 11 is 0. The van der Waals surface area contributed by atoms with Gasteiger partial charge in [-0.05, 0) is 48.7 Å². The molecule has 29 heavy (non-hydrogen) atoms. The average molecular weight is 391 g/mol. The molecule has 4 rings (SSSR count). The number of anilines is 2. The van der Waals surface area contributed by atoms with Crippen LogP contribution in [0.25, 0.3) is 0 Å². The summed E-state index contributed by atoms with van der Waals surface area (Å²) in [5.74, 6) is 3.05. The van der Waals surface area contributed by atoms with E-state index in [-0.39, 0.29) is 0 Å². The van der Waals surface area contributed by atoms with Crippen LogP contribution in [0, 0.1) is 6.92 Å². The Balaban J connectivity index is 1.54. The van der Waals surface area contributed by atoms with Crippen LogP contribution in [0.15, 0.2) is 42.6 Å². The maximum Gasteiger partial charge on any atom is 0.227 e. The minimum atomic E-state index is 0.622. The van der Waals surface area contributed by atoms with Crippen LogP contribution in [-0.2, 0) is 19.5 Å². The van der Waals surface area contributed by atoms with E-state index in [4.69, 9.17) is 14.5 Å². The largest absolute Gasteiger partial charge is 0.493 e. The summed E-state index contributed by atoms with van der Waals surface area (Å²) in [4.78, 5) is 16.0. The van der Waals surface area contributed by atoms with Gasteiger partial charge >= 0.3 is 0 Å². The quantitative estimate of drug-likeness (QED) is 0.691. The number of hydrogen-bond donors (Lipinski definition) is 1. The van der Waals surface area contributed by atoms with E-state index in [1.165, 1.54) is 11.1 Å². The molecule has 0 aliphatic carbocycles. The monoisotopic (exact) mass is 391 g/mol. The summed E-state index contributed by atoms with van der Waals surface area (Å²) in [5, 5.41) is 3.36. The van der Waals surface area contributed by atoms with Crippen molar-refractivity contribution in [1.29, 1.82) is 0 Å². The van der Waals surface area contributed by atoms with Gasteiger partial charge in [0.05, 0.1) is 26.5 Å². The van der Waals surface area contributed by atoms with E-state index in [9.17, 15) is 0 Å². The van der Waals surface area contributed by atoms with E-state index in [2.05, 4.69) is 32.3 Å². The van der Waals surface area contributed by atoms with Crippen LogP contribution < -0.4 is 19.7 Å². The number of aryl methyl sites for hydroxylation is 1. The van der Waals surface area contributed by atoms with Gasteiger partial charge in [0.25, 0.3) is 0 Å². The molecule has 0 unspecified atom stereocenters. The molecule has 150 valence electrons. The zero-order chi connectivity index (χ0) is 20.2. The molecular weight excluding hydrogens is 366 g/mol. The number of methoxy groups -OCH3 is 2. The fraction of sp³-hybridized carbons (Fsp3) is 0.318. The van der Waals surface area contributed by atoms with Crippen molar-refractivity contribution in [3.63, 3.8) is 0 Å². The Labute approximate surface area is 170 Å². The van der Waals surface area contributed by atoms with Crippen LogP contribution in [0.2, 0.25) is 0 Å². The number of rotatable bonds is 6. The summed E-state index contributed by atoms with van der Waals surface area (Å²) in [6.45, 7) is 4.20. The number of pyridine rings is 1. The second kappa shape index (κ2) is 8.34. The number of aromatic nitrogens is 3. The average Bonchev–Trinajstić information content (AvgIpc) is 2.76. The van der Waals surface area contributed by atoms with Gasteiger partial charge in [-0.15, -0.1) is 0 Å². The molecule has 1 aliphatic rings. The second-order valence-electron chi connectivity index (χ2n) is 7.02. The Morgan fingerprint density at radius 3 is 2.55 bits per heavy atom. The minimum Gasteiger partial charge on any atom is -0.493 e. The first-order chi connectivity index (χ1) is 14.2. The molecule has 0 amide bonds. The topological polar surface area (TPSA) is 72.4 Å². The van der Waals surface area contributed by atoms with Crippen LogP contribution >= 0.6 is 0 Å². The third kappa shape index (κ3) is 4.23. The maximum absolute atomic E-state index is 5.46. The van der Waals surface area contributed by atoms with Crippen molar-refractivity contribution < 1.29 is 9.47 Å². The fourth-order valence-corrected chi connectivity index (χ4v) is 3.52. The molecule has 0 radical (unpaired) electrons. The highest BCUT2D eigenvalue weighted by Crippen LogP contribution is 2.34. The Morgan fingerprint density at radius 1 is 1.03 bits per heavy atom. The SMILES string of the molecule is COc1cc2c(cc1OC)CN(c1nc(C)cc(NCc3ccccn3)n1)CC2. The summed E-state index contributed by atoms with van der Waals surface area (Å²) in [6.07, 6.45) is 2.70. The molecule has 0 saturated carbocycles. The van der Waals surface area contributed by atoms with Crippen molar-refractivity contribution in [1.82, 2.24) is 15.0 Å². The molecule has 0 atom stereocenters. The van der Waals surface area contributed by atoms with Crippen molar-refractivity contribution in [3.05, 3.63) is 65.1 Å². The molecule has 0 saturated heterocycles. The predicted molar refractivity (Wildman–Crippen MR) is 113 cm³/mol. The highest BCUT2D eigenvalue weighted by atomic mass is 16.5. The number of benzene rings is 1. The van der Waals surface area contributed by atoms with Gasteiger partial charge in [0.1, 0.15) is 5.82 Å². The molecular formula is C22H25N5O2. The van der Waals surface area contributed by atoms with Gasteiger partial charge < -0.3 is 19.7 Å². The van der Waals surface area contributed by atoms with E-state index in [1.807, 2.05) is 31.2 Å². The fourth-order valence-electron chi connectivity index (χ4n) is 3.52. The van der Waals surface area contributed by atoms with E-state index >= 15 is 0 Å². The van der Waals surface area contributed by atoms with E-state index in [0.717, 1.165) is 54.2 Å². The Bertz CT molecular complexity index is 994. The summed E-state index contributed by atoms with van der Waals surface area (Å²) in [5.41, 5.74) is 4.39. The van der Waals surface area contributed by atoms with Gasteiger partial charge in [0.2, 0.25) is 5.95 Å². The van der Waals surface area contributed by atoms with Crippen molar-refractivity contribution in [2.45, 2.75) is 26.4 Å². The van der Waals surface area contributed by atoms with Crippen LogP contribution in [0.4, 0.5) is 11.8 Å². The summed E-state index contributed by atoms with van der Waals surface area (Å²) < 4.78 is 10.9. The first-order valence-corrected chi connectivity index (χ1v) is 9.64. The maximum atomic E-state index is 5.46. The molecule has 3 aromatic rings. The van der Waals surface area contributed by atoms with Crippen LogP contribution in [0.5, 0.6) is 11.5 Å². The zero-order valence-corrected chi connectivity index (χ0v) is 17.0. The van der Waals surface area contributed by atoms with Crippen LogP contribution in [-0.4, -0.2) is 35.7 Å². The van der Waals surface area contributed by atoms with Gasteiger partial charge in [0, 0.05) is 31.0 Å². The van der Waals surface area contributed by atoms with Crippen LogP contribution in [0.3, 0.4) is 0 Å². The van der Waals surface area contributed by atoms with Crippen molar-refractivity contribution >= 4 is 11.8 Å². The van der Waals surface area contributed by atoms with Gasteiger partial charge in [-0.1, -0.05) is 6.07 Å². The molecule has 2 aromatic heterocycles. The number of fused-ring (bicyclic) bond motifs is 1. The number of nitrogens with zero attached hydrogens (tertiary/aromatic N) is 4. The van der Waals surface area contributed by atoms with Gasteiger partial charge in [-0.25, -0.2) is 4.98 Å². The molecule has 7 heteroatoms. The minimum absolute atomic E-state index is 0.622. The van der Waals surface area contributed by atoms with Crippen molar-refractivity contribution in [2.75, 3.05) is 31.0 Å². The normalized spacial score (nSPS) is 13.0. The Kier molecular flexibility index (Phi) is 5.46. The highest BCUT2D eigenvalue weighted by molar-refractivity contribution is 5.52. The number of nitrogens with one attached hydrogen (secondary N) is 1. The standard InChI is InChI=1S/C22H25N5O2/c1-15-10-21(24-13-18-6-4-5-8-23-18)26-22(25-15)27-9-7-16-11-19(28-2)20(29-3)12-17(16)14-27/h4-6,8,10-12H,7,9,13-14H2,1-3H3,(H,24,25,26). The molecule has 1 N–H and O–H groups in total. The van der Waals surface area contributed by atoms with Crippen LogP contribution in [0.1, 0.15) is 22.5 Å². The smallest absolute Gasteiger partial charge is 0.227 e. The molecule has 1 aliphatic heterocycles. The number of ether oxygens (including phenoxy) is 2. The van der Waals surface area contributed by atoms with Gasteiger partial charge in [0.15, 0.2) is 11.5 Å². The van der Waals surface area contributed by atoms with Crippen molar-refractivity contribution in [2.24, 2.45) is 0 Å². The lowest BCUT2D eigenvalue weighted by Gasteiger charge is -2.30. The predicted octanol–water partition coefficient (Wildman–Crippen LogP) is 3.37. The van der Waals surface area contributed by atoms with E-state index in [1.54, 1.807) is 20.4 Å². The third-order valence-electron chi connectivity index (χ3n) is 5.02. The number of hydrogen-bond acceptors (Lipinski definition) is 7. The lowest BCUT2D eigenvalue weighted by atomic mass is 9.99. The van der Waals surface area contributed by atoms with E-state index in [0.29, 0.717) is 6.54 Å². The Morgan fingerprint density at radius 2 is 1.83 bits per heavy atom. The molecule has 7 nitrogen and oxygen atoms in total. The molecule has 1 aromatic carbocycles. The van der Waals surface area contributed by atoms with Crippen molar-refractivity contribution in [3.8, 4) is 11.5 Å². The second-order valence-corrected chi connectivity index (χ2v) is 7.02. The summed E-state index contributed by atoms with van der Waals surface area (Å²) in [6, 6.07) is 12.0. The first kappa shape index (κ1) is 19.0. The lowest BCUT2D eigenvalue weighted by molar-refractivity contribution is 0.353. The molecule has 0 bridgehead atoms. The van der Waals surface area contributed by atoms with Gasteiger partial charge in [-0.3, -0.25) is 4.98 Å². The lowest BCUT2D eigenvalue weighted by Crippen LogP contribution is -2.32.